The van der Waals surface area contributed by atoms with Crippen LogP contribution in [0.4, 0.5) is 0 Å². The number of hydrogen-bond donors (Lipinski definition) is 1. The Balaban J connectivity index is 1.72. The van der Waals surface area contributed by atoms with E-state index in [2.05, 4.69) is 0 Å². The minimum Gasteiger partial charge on any atom is -0.327 e. The number of piperidine rings is 1. The van der Waals surface area contributed by atoms with Crippen LogP contribution in [0.5, 0.6) is 0 Å². The maximum atomic E-state index is 12.7. The third-order valence-corrected chi connectivity index (χ3v) is 6.71. The van der Waals surface area contributed by atoms with Crippen LogP contribution in [-0.4, -0.2) is 43.2 Å². The van der Waals surface area contributed by atoms with Gasteiger partial charge in [-0.2, -0.15) is 17.0 Å². The lowest BCUT2D eigenvalue weighted by molar-refractivity contribution is 0.217. The standard InChI is InChI=1S/C15H23N3O2S/c1-17(9-12-5-3-2-4-6-12)21(19,20)18-10-13-7-8-14(11-18)15(13)16/h2-6,13-15H,7-11,16H2,1H3. The molecule has 3 rings (SSSR count). The van der Waals surface area contributed by atoms with E-state index in [-0.39, 0.29) is 6.04 Å². The van der Waals surface area contributed by atoms with Crippen LogP contribution in [-0.2, 0) is 16.8 Å². The molecule has 2 N–H and O–H groups in total. The van der Waals surface area contributed by atoms with Crippen molar-refractivity contribution in [3.05, 3.63) is 35.9 Å². The molecule has 0 aromatic heterocycles. The fourth-order valence-electron chi connectivity index (χ4n) is 3.53. The summed E-state index contributed by atoms with van der Waals surface area (Å²) in [5, 5.41) is 0. The van der Waals surface area contributed by atoms with Gasteiger partial charge in [0.15, 0.2) is 0 Å². The molecule has 1 aliphatic carbocycles. The van der Waals surface area contributed by atoms with Gasteiger partial charge < -0.3 is 5.73 Å². The fourth-order valence-corrected chi connectivity index (χ4v) is 5.00. The quantitative estimate of drug-likeness (QED) is 0.903. The summed E-state index contributed by atoms with van der Waals surface area (Å²) in [6.07, 6.45) is 2.11. The van der Waals surface area contributed by atoms with Crippen LogP contribution in [0.1, 0.15) is 18.4 Å². The monoisotopic (exact) mass is 309 g/mol. The maximum absolute atomic E-state index is 12.7. The average Bonchev–Trinajstić information content (AvgIpc) is 2.69. The Bertz CT molecular complexity index is 576. The van der Waals surface area contributed by atoms with Gasteiger partial charge in [-0.25, -0.2) is 0 Å². The van der Waals surface area contributed by atoms with Crippen molar-refractivity contribution in [1.82, 2.24) is 8.61 Å². The minimum atomic E-state index is -3.40. The molecular formula is C15H23N3O2S. The van der Waals surface area contributed by atoms with E-state index in [0.29, 0.717) is 31.5 Å². The average molecular weight is 309 g/mol. The highest BCUT2D eigenvalue weighted by molar-refractivity contribution is 7.86. The van der Waals surface area contributed by atoms with Gasteiger partial charge in [-0.15, -0.1) is 0 Å². The van der Waals surface area contributed by atoms with Crippen molar-refractivity contribution in [2.45, 2.75) is 25.4 Å². The molecular weight excluding hydrogens is 286 g/mol. The lowest BCUT2D eigenvalue weighted by Crippen LogP contribution is -2.53. The largest absolute Gasteiger partial charge is 0.327 e. The highest BCUT2D eigenvalue weighted by Gasteiger charge is 2.44. The van der Waals surface area contributed by atoms with Crippen molar-refractivity contribution in [3.8, 4) is 0 Å². The summed E-state index contributed by atoms with van der Waals surface area (Å²) in [6.45, 7) is 1.54. The fraction of sp³-hybridized carbons (Fsp3) is 0.600. The summed E-state index contributed by atoms with van der Waals surface area (Å²) in [4.78, 5) is 0. The predicted molar refractivity (Wildman–Crippen MR) is 82.6 cm³/mol. The van der Waals surface area contributed by atoms with Gasteiger partial charge in [-0.3, -0.25) is 0 Å². The highest BCUT2D eigenvalue weighted by atomic mass is 32.2. The second kappa shape index (κ2) is 5.68. The zero-order chi connectivity index (χ0) is 15.0. The molecule has 5 nitrogen and oxygen atoms in total. The molecule has 1 saturated carbocycles. The molecule has 2 atom stereocenters. The van der Waals surface area contributed by atoms with E-state index < -0.39 is 10.2 Å². The summed E-state index contributed by atoms with van der Waals surface area (Å²) in [5.41, 5.74) is 7.15. The van der Waals surface area contributed by atoms with Crippen LogP contribution in [0.2, 0.25) is 0 Å². The molecule has 1 aromatic carbocycles. The van der Waals surface area contributed by atoms with E-state index in [0.717, 1.165) is 18.4 Å². The number of nitrogens with zero attached hydrogens (tertiary/aromatic N) is 2. The summed E-state index contributed by atoms with van der Waals surface area (Å²) in [5.74, 6) is 0.646. The molecule has 1 aliphatic heterocycles. The van der Waals surface area contributed by atoms with Gasteiger partial charge >= 0.3 is 0 Å². The zero-order valence-corrected chi connectivity index (χ0v) is 13.2. The van der Waals surface area contributed by atoms with Gasteiger partial charge in [0.05, 0.1) is 0 Å². The molecule has 0 spiro atoms. The summed E-state index contributed by atoms with van der Waals surface area (Å²) >= 11 is 0. The topological polar surface area (TPSA) is 66.6 Å². The Kier molecular flexibility index (Phi) is 4.05. The minimum absolute atomic E-state index is 0.177. The number of rotatable bonds is 4. The van der Waals surface area contributed by atoms with Crippen molar-refractivity contribution >= 4 is 10.2 Å². The SMILES string of the molecule is CN(Cc1ccccc1)S(=O)(=O)N1CC2CCC(C1)C2N. The molecule has 1 heterocycles. The second-order valence-electron chi connectivity index (χ2n) is 6.24. The van der Waals surface area contributed by atoms with Crippen LogP contribution in [0.3, 0.4) is 0 Å². The number of benzene rings is 1. The molecule has 0 radical (unpaired) electrons. The van der Waals surface area contributed by atoms with Crippen LogP contribution >= 0.6 is 0 Å². The van der Waals surface area contributed by atoms with Gasteiger partial charge in [0.25, 0.3) is 10.2 Å². The van der Waals surface area contributed by atoms with E-state index in [4.69, 9.17) is 5.73 Å². The van der Waals surface area contributed by atoms with Crippen LogP contribution in [0, 0.1) is 11.8 Å². The summed E-state index contributed by atoms with van der Waals surface area (Å²) < 4.78 is 28.5. The highest BCUT2D eigenvalue weighted by Crippen LogP contribution is 2.37. The first-order chi connectivity index (χ1) is 9.98. The molecule has 0 amide bonds. The summed E-state index contributed by atoms with van der Waals surface area (Å²) in [7, 11) is -1.75. The molecule has 116 valence electrons. The second-order valence-corrected chi connectivity index (χ2v) is 8.28. The van der Waals surface area contributed by atoms with Gasteiger partial charge in [-0.1, -0.05) is 30.3 Å². The Labute approximate surface area is 126 Å². The van der Waals surface area contributed by atoms with Crippen LogP contribution in [0.25, 0.3) is 0 Å². The van der Waals surface area contributed by atoms with E-state index >= 15 is 0 Å². The first-order valence-electron chi connectivity index (χ1n) is 7.49. The summed E-state index contributed by atoms with van der Waals surface area (Å²) in [6, 6.07) is 9.85. The van der Waals surface area contributed by atoms with Gasteiger partial charge in [-0.05, 0) is 30.2 Å². The van der Waals surface area contributed by atoms with Crippen molar-refractivity contribution in [1.29, 1.82) is 0 Å². The molecule has 6 heteroatoms. The van der Waals surface area contributed by atoms with Crippen LogP contribution in [0.15, 0.2) is 30.3 Å². The lowest BCUT2D eigenvalue weighted by Gasteiger charge is -2.37. The molecule has 2 bridgehead atoms. The number of hydrogen-bond acceptors (Lipinski definition) is 3. The Morgan fingerprint density at radius 3 is 2.33 bits per heavy atom. The van der Waals surface area contributed by atoms with Crippen molar-refractivity contribution in [2.24, 2.45) is 17.6 Å². The Morgan fingerprint density at radius 1 is 1.19 bits per heavy atom. The molecule has 1 aromatic rings. The lowest BCUT2D eigenvalue weighted by atomic mass is 9.95. The third kappa shape index (κ3) is 2.85. The number of nitrogens with two attached hydrogens (primary N) is 1. The van der Waals surface area contributed by atoms with Crippen molar-refractivity contribution < 1.29 is 8.42 Å². The van der Waals surface area contributed by atoms with Crippen LogP contribution < -0.4 is 5.73 Å². The van der Waals surface area contributed by atoms with Crippen molar-refractivity contribution in [3.63, 3.8) is 0 Å². The molecule has 2 fully saturated rings. The van der Waals surface area contributed by atoms with E-state index in [1.807, 2.05) is 30.3 Å². The van der Waals surface area contributed by atoms with E-state index in [9.17, 15) is 8.42 Å². The van der Waals surface area contributed by atoms with Gasteiger partial charge in [0.2, 0.25) is 0 Å². The Hall–Kier alpha value is -0.950. The third-order valence-electron chi connectivity index (χ3n) is 4.84. The van der Waals surface area contributed by atoms with Gasteiger partial charge in [0, 0.05) is 32.7 Å². The first kappa shape index (κ1) is 15.0. The molecule has 2 unspecified atom stereocenters. The molecule has 2 aliphatic rings. The van der Waals surface area contributed by atoms with Gasteiger partial charge in [0.1, 0.15) is 0 Å². The van der Waals surface area contributed by atoms with Crippen molar-refractivity contribution in [2.75, 3.05) is 20.1 Å². The number of fused-ring (bicyclic) bond motifs is 2. The van der Waals surface area contributed by atoms with E-state index in [1.165, 1.54) is 4.31 Å². The molecule has 1 saturated heterocycles. The van der Waals surface area contributed by atoms with E-state index in [1.54, 1.807) is 11.4 Å². The normalized spacial score (nSPS) is 30.0. The predicted octanol–water partition coefficient (Wildman–Crippen LogP) is 1.03. The first-order valence-corrected chi connectivity index (χ1v) is 8.89. The smallest absolute Gasteiger partial charge is 0.282 e. The molecule has 21 heavy (non-hydrogen) atoms. The zero-order valence-electron chi connectivity index (χ0n) is 12.4. The Morgan fingerprint density at radius 2 is 1.76 bits per heavy atom. The maximum Gasteiger partial charge on any atom is 0.282 e.